The van der Waals surface area contributed by atoms with Gasteiger partial charge in [0, 0.05) is 12.4 Å². The molecule has 0 aliphatic carbocycles. The van der Waals surface area contributed by atoms with Gasteiger partial charge in [0.2, 0.25) is 10.0 Å². The lowest BCUT2D eigenvalue weighted by Gasteiger charge is -2.17. The Hall–Kier alpha value is -3.09. The predicted molar refractivity (Wildman–Crippen MR) is 102 cm³/mol. The molecule has 0 radical (unpaired) electrons. The second-order valence-corrected chi connectivity index (χ2v) is 8.86. The average Bonchev–Trinajstić information content (AvgIpc) is 3.25. The van der Waals surface area contributed by atoms with Gasteiger partial charge < -0.3 is 4.57 Å². The van der Waals surface area contributed by atoms with E-state index in [0.717, 1.165) is 3.97 Å². The third kappa shape index (κ3) is 3.14. The molecule has 0 amide bonds. The van der Waals surface area contributed by atoms with E-state index in [0.29, 0.717) is 17.0 Å². The van der Waals surface area contributed by atoms with Gasteiger partial charge in [-0.25, -0.2) is 17.4 Å². The van der Waals surface area contributed by atoms with E-state index in [9.17, 15) is 30.4 Å². The van der Waals surface area contributed by atoms with Crippen LogP contribution in [0.1, 0.15) is 12.6 Å². The number of rotatable bonds is 4. The number of fused-ring (bicyclic) bond motifs is 2. The molecule has 1 aromatic carbocycles. The molecule has 13 heteroatoms. The van der Waals surface area contributed by atoms with Crippen LogP contribution in [0.5, 0.6) is 0 Å². The van der Waals surface area contributed by atoms with Crippen LogP contribution in [0.4, 0.5) is 22.0 Å². The van der Waals surface area contributed by atoms with Gasteiger partial charge in [0.25, 0.3) is 0 Å². The molecule has 0 N–H and O–H groups in total. The van der Waals surface area contributed by atoms with Crippen molar-refractivity contribution in [1.82, 2.24) is 23.7 Å². The fourth-order valence-electron chi connectivity index (χ4n) is 3.23. The van der Waals surface area contributed by atoms with Crippen LogP contribution in [0.15, 0.2) is 36.4 Å². The zero-order valence-corrected chi connectivity index (χ0v) is 16.8. The van der Waals surface area contributed by atoms with Crippen LogP contribution in [0.3, 0.4) is 0 Å². The van der Waals surface area contributed by atoms with E-state index < -0.39 is 27.8 Å². The summed E-state index contributed by atoms with van der Waals surface area (Å²) in [6.45, 7) is 1.46. The Kier molecular flexibility index (Phi) is 4.57. The average molecular weight is 459 g/mol. The molecule has 0 aliphatic heterocycles. The second kappa shape index (κ2) is 6.70. The molecular weight excluding hydrogens is 445 g/mol. The zero-order chi connectivity index (χ0) is 22.8. The van der Waals surface area contributed by atoms with Crippen molar-refractivity contribution in [2.24, 2.45) is 7.05 Å². The summed E-state index contributed by atoms with van der Waals surface area (Å²) in [6.07, 6.45) is -5.85. The standard InChI is InChI=1S/C18H14F5N5O2S/c1-3-31(29,30)28-12-7-5-4-6-10(12)8-13(28)16-24-11-9-14(17(19,20)18(21,22)23)25-26-15(11)27(16)2/h4-9H,3H2,1-2H3. The van der Waals surface area contributed by atoms with Crippen LogP contribution in [0.2, 0.25) is 0 Å². The number of hydrogen-bond donors (Lipinski definition) is 0. The van der Waals surface area contributed by atoms with Crippen molar-refractivity contribution in [1.29, 1.82) is 0 Å². The minimum atomic E-state index is -5.85. The normalized spacial score (nSPS) is 13.4. The van der Waals surface area contributed by atoms with Crippen molar-refractivity contribution in [3.63, 3.8) is 0 Å². The molecule has 0 saturated heterocycles. The van der Waals surface area contributed by atoms with Gasteiger partial charge in [-0.2, -0.15) is 22.0 Å². The lowest BCUT2D eigenvalue weighted by atomic mass is 10.2. The number of imidazole rings is 1. The van der Waals surface area contributed by atoms with Crippen LogP contribution in [0, 0.1) is 0 Å². The molecule has 7 nitrogen and oxygen atoms in total. The Morgan fingerprint density at radius 2 is 1.71 bits per heavy atom. The molecule has 0 aliphatic rings. The first-order valence-corrected chi connectivity index (χ1v) is 10.5. The molecule has 164 valence electrons. The van der Waals surface area contributed by atoms with E-state index in [4.69, 9.17) is 0 Å². The number of aromatic nitrogens is 5. The van der Waals surface area contributed by atoms with Gasteiger partial charge in [-0.15, -0.1) is 10.2 Å². The number of alkyl halides is 5. The fourth-order valence-corrected chi connectivity index (χ4v) is 4.39. The highest BCUT2D eigenvalue weighted by Gasteiger charge is 2.60. The number of hydrogen-bond acceptors (Lipinski definition) is 5. The molecule has 0 unspecified atom stereocenters. The highest BCUT2D eigenvalue weighted by molar-refractivity contribution is 7.90. The molecule has 0 atom stereocenters. The highest BCUT2D eigenvalue weighted by Crippen LogP contribution is 2.43. The van der Waals surface area contributed by atoms with Crippen molar-refractivity contribution in [3.05, 3.63) is 42.1 Å². The second-order valence-electron chi connectivity index (χ2n) is 6.76. The topological polar surface area (TPSA) is 82.7 Å². The predicted octanol–water partition coefficient (Wildman–Crippen LogP) is 3.84. The van der Waals surface area contributed by atoms with E-state index in [1.54, 1.807) is 30.3 Å². The largest absolute Gasteiger partial charge is 0.459 e. The smallest absolute Gasteiger partial charge is 0.309 e. The molecule has 0 fully saturated rings. The van der Waals surface area contributed by atoms with Crippen molar-refractivity contribution in [3.8, 4) is 11.5 Å². The SMILES string of the molecule is CCS(=O)(=O)n1c(-c2nc3cc(C(F)(F)C(F)(F)F)nnc3n2C)cc2ccccc21. The molecule has 4 rings (SSSR count). The van der Waals surface area contributed by atoms with Crippen LogP contribution < -0.4 is 0 Å². The lowest BCUT2D eigenvalue weighted by molar-refractivity contribution is -0.291. The van der Waals surface area contributed by atoms with Gasteiger partial charge in [-0.1, -0.05) is 18.2 Å². The summed E-state index contributed by atoms with van der Waals surface area (Å²) in [7, 11) is -2.37. The Balaban J connectivity index is 1.99. The Bertz CT molecular complexity index is 1420. The summed E-state index contributed by atoms with van der Waals surface area (Å²) >= 11 is 0. The van der Waals surface area contributed by atoms with E-state index in [-0.39, 0.29) is 28.4 Å². The summed E-state index contributed by atoms with van der Waals surface area (Å²) in [6, 6.07) is 8.69. The van der Waals surface area contributed by atoms with Crippen molar-refractivity contribution < 1.29 is 30.4 Å². The lowest BCUT2D eigenvalue weighted by Crippen LogP contribution is -2.34. The van der Waals surface area contributed by atoms with Crippen LogP contribution in [-0.4, -0.2) is 44.1 Å². The maximum atomic E-state index is 13.7. The maximum Gasteiger partial charge on any atom is 0.459 e. The summed E-state index contributed by atoms with van der Waals surface area (Å²) in [4.78, 5) is 4.12. The van der Waals surface area contributed by atoms with Gasteiger partial charge in [0.1, 0.15) is 16.9 Å². The molecule has 4 aromatic rings. The minimum Gasteiger partial charge on any atom is -0.309 e. The van der Waals surface area contributed by atoms with E-state index in [1.807, 2.05) is 0 Å². The summed E-state index contributed by atoms with van der Waals surface area (Å²) in [5.41, 5.74) is -1.46. The van der Waals surface area contributed by atoms with E-state index in [1.165, 1.54) is 18.5 Å². The number of aryl methyl sites for hydroxylation is 1. The Morgan fingerprint density at radius 3 is 2.35 bits per heavy atom. The first kappa shape index (κ1) is 21.2. The van der Waals surface area contributed by atoms with Crippen LogP contribution in [-0.2, 0) is 23.0 Å². The third-order valence-electron chi connectivity index (χ3n) is 4.83. The highest BCUT2D eigenvalue weighted by atomic mass is 32.2. The third-order valence-corrected chi connectivity index (χ3v) is 6.51. The van der Waals surface area contributed by atoms with Crippen LogP contribution >= 0.6 is 0 Å². The monoisotopic (exact) mass is 459 g/mol. The summed E-state index contributed by atoms with van der Waals surface area (Å²) < 4.78 is 93.3. The van der Waals surface area contributed by atoms with Gasteiger partial charge in [0.15, 0.2) is 11.5 Å². The van der Waals surface area contributed by atoms with Gasteiger partial charge in [-0.3, -0.25) is 0 Å². The molecule has 3 aromatic heterocycles. The molecule has 31 heavy (non-hydrogen) atoms. The molecule has 0 bridgehead atoms. The van der Waals surface area contributed by atoms with Gasteiger partial charge >= 0.3 is 12.1 Å². The zero-order valence-electron chi connectivity index (χ0n) is 16.0. The Labute approximate surface area is 172 Å². The quantitative estimate of drug-likeness (QED) is 0.433. The Morgan fingerprint density at radius 1 is 1.03 bits per heavy atom. The van der Waals surface area contributed by atoms with Crippen LogP contribution in [0.25, 0.3) is 33.6 Å². The number of halogens is 5. The molecule has 0 spiro atoms. The number of nitrogens with zero attached hydrogens (tertiary/aromatic N) is 5. The maximum absolute atomic E-state index is 13.7. The molecular formula is C18H14F5N5O2S. The van der Waals surface area contributed by atoms with Crippen molar-refractivity contribution in [2.75, 3.05) is 5.75 Å². The number of benzene rings is 1. The number of para-hydroxylation sites is 1. The van der Waals surface area contributed by atoms with Crippen molar-refractivity contribution in [2.45, 2.75) is 19.0 Å². The minimum absolute atomic E-state index is 0.0185. The molecule has 3 heterocycles. The summed E-state index contributed by atoms with van der Waals surface area (Å²) in [5.74, 6) is -5.43. The first-order valence-electron chi connectivity index (χ1n) is 8.87. The molecule has 0 saturated carbocycles. The van der Waals surface area contributed by atoms with Gasteiger partial charge in [0.05, 0.1) is 11.3 Å². The first-order chi connectivity index (χ1) is 14.4. The van der Waals surface area contributed by atoms with Crippen molar-refractivity contribution >= 4 is 32.1 Å². The van der Waals surface area contributed by atoms with Gasteiger partial charge in [-0.05, 0) is 25.1 Å². The van der Waals surface area contributed by atoms with E-state index in [2.05, 4.69) is 15.2 Å². The van der Waals surface area contributed by atoms with E-state index >= 15 is 0 Å². The summed E-state index contributed by atoms with van der Waals surface area (Å²) in [5, 5.41) is 7.10. The fraction of sp³-hybridized carbons (Fsp3) is 0.278.